The minimum atomic E-state index is -4.80. The molecule has 0 fully saturated rings. The fourth-order valence-corrected chi connectivity index (χ4v) is 5.97. The predicted molar refractivity (Wildman–Crippen MR) is 135 cm³/mol. The molecule has 1 aliphatic heterocycles. The first-order chi connectivity index (χ1) is 18.6. The van der Waals surface area contributed by atoms with Crippen LogP contribution in [0.5, 0.6) is 11.5 Å². The number of halogens is 6. The highest BCUT2D eigenvalue weighted by atomic mass is 35.5. The van der Waals surface area contributed by atoms with Crippen LogP contribution in [0.4, 0.5) is 27.6 Å². The third-order valence-electron chi connectivity index (χ3n) is 6.11. The van der Waals surface area contributed by atoms with Crippen LogP contribution in [0.3, 0.4) is 0 Å². The van der Waals surface area contributed by atoms with Crippen LogP contribution in [-0.2, 0) is 21.0 Å². The third-order valence-corrected chi connectivity index (χ3v) is 8.10. The van der Waals surface area contributed by atoms with Crippen LogP contribution < -0.4 is 13.8 Å². The summed E-state index contributed by atoms with van der Waals surface area (Å²) in [4.78, 5) is 10.8. The van der Waals surface area contributed by atoms with Gasteiger partial charge in [-0.3, -0.25) is 9.10 Å². The van der Waals surface area contributed by atoms with Gasteiger partial charge in [-0.2, -0.15) is 22.0 Å². The second-order valence-corrected chi connectivity index (χ2v) is 11.3. The van der Waals surface area contributed by atoms with E-state index >= 15 is 0 Å². The summed E-state index contributed by atoms with van der Waals surface area (Å²) < 4.78 is 104. The van der Waals surface area contributed by atoms with E-state index < -0.39 is 57.8 Å². The van der Waals surface area contributed by atoms with E-state index in [-0.39, 0.29) is 34.2 Å². The van der Waals surface area contributed by atoms with Crippen molar-refractivity contribution in [3.8, 4) is 22.6 Å². The molecule has 0 saturated heterocycles. The maximum absolute atomic E-state index is 13.7. The van der Waals surface area contributed by atoms with Crippen molar-refractivity contribution in [1.82, 2.24) is 0 Å². The van der Waals surface area contributed by atoms with Gasteiger partial charge in [-0.15, -0.1) is 0 Å². The van der Waals surface area contributed by atoms with Crippen LogP contribution in [-0.4, -0.2) is 38.8 Å². The Kier molecular flexibility index (Phi) is 8.18. The standard InChI is InChI=1S/C26H21ClF5NO6S/c1-14(24(34)35)7-20-13-33(40(36,37)21-4-2-3-17(11-21)26(30,31)32)22-10-15(5-6-23(22)38-20)16-8-18(27)12-19(9-16)39-25(28)29/h2-6,8-12,14,20,25H,7,13H2,1H3,(H,34,35)/t14-,20+/m1/s1. The van der Waals surface area contributed by atoms with Gasteiger partial charge in [0.25, 0.3) is 10.0 Å². The van der Waals surface area contributed by atoms with Crippen LogP contribution in [0.1, 0.15) is 18.9 Å². The van der Waals surface area contributed by atoms with Crippen molar-refractivity contribution in [2.45, 2.75) is 37.1 Å². The van der Waals surface area contributed by atoms with Crippen LogP contribution >= 0.6 is 11.6 Å². The van der Waals surface area contributed by atoms with Gasteiger partial charge in [-0.25, -0.2) is 8.42 Å². The fourth-order valence-electron chi connectivity index (χ4n) is 4.20. The van der Waals surface area contributed by atoms with Crippen molar-refractivity contribution in [3.63, 3.8) is 0 Å². The molecular weight excluding hydrogens is 585 g/mol. The Morgan fingerprint density at radius 1 is 1.12 bits per heavy atom. The molecule has 4 rings (SSSR count). The molecule has 0 aliphatic carbocycles. The SMILES string of the molecule is C[C@H](C[C@H]1CN(S(=O)(=O)c2cccc(C(F)(F)F)c2)c2cc(-c3cc(Cl)cc(OC(F)F)c3)ccc2O1)C(=O)O. The van der Waals surface area contributed by atoms with E-state index in [1.807, 2.05) is 0 Å². The van der Waals surface area contributed by atoms with Crippen molar-refractivity contribution < 1.29 is 49.7 Å². The number of fused-ring (bicyclic) bond motifs is 1. The molecule has 0 amide bonds. The van der Waals surface area contributed by atoms with Gasteiger partial charge in [0.15, 0.2) is 0 Å². The molecule has 0 bridgehead atoms. The van der Waals surface area contributed by atoms with Crippen molar-refractivity contribution in [3.05, 3.63) is 71.2 Å². The Hall–Kier alpha value is -3.58. The number of sulfonamides is 1. The molecule has 214 valence electrons. The van der Waals surface area contributed by atoms with E-state index in [4.69, 9.17) is 16.3 Å². The van der Waals surface area contributed by atoms with Gasteiger partial charge in [0.05, 0.1) is 28.6 Å². The minimum Gasteiger partial charge on any atom is -0.486 e. The lowest BCUT2D eigenvalue weighted by Gasteiger charge is -2.36. The summed E-state index contributed by atoms with van der Waals surface area (Å²) in [6, 6.07) is 11.3. The summed E-state index contributed by atoms with van der Waals surface area (Å²) in [7, 11) is -4.62. The van der Waals surface area contributed by atoms with Crippen LogP contribution in [0.2, 0.25) is 5.02 Å². The lowest BCUT2D eigenvalue weighted by atomic mass is 10.0. The Morgan fingerprint density at radius 2 is 1.85 bits per heavy atom. The fraction of sp³-hybridized carbons (Fsp3) is 0.269. The zero-order valence-electron chi connectivity index (χ0n) is 20.5. The monoisotopic (exact) mass is 605 g/mol. The van der Waals surface area contributed by atoms with Crippen LogP contribution in [0, 0.1) is 5.92 Å². The first-order valence-corrected chi connectivity index (χ1v) is 13.5. The number of rotatable bonds is 8. The highest BCUT2D eigenvalue weighted by molar-refractivity contribution is 7.92. The summed E-state index contributed by atoms with van der Waals surface area (Å²) >= 11 is 6.06. The molecule has 1 heterocycles. The molecule has 0 aromatic heterocycles. The van der Waals surface area contributed by atoms with Crippen molar-refractivity contribution in [2.75, 3.05) is 10.8 Å². The molecular formula is C26H21ClF5NO6S. The number of hydrogen-bond acceptors (Lipinski definition) is 5. The van der Waals surface area contributed by atoms with Gasteiger partial charge in [0, 0.05) is 5.02 Å². The summed E-state index contributed by atoms with van der Waals surface area (Å²) in [6.07, 6.45) is -5.83. The smallest absolute Gasteiger partial charge is 0.416 e. The summed E-state index contributed by atoms with van der Waals surface area (Å²) in [5.41, 5.74) is -0.627. The van der Waals surface area contributed by atoms with Gasteiger partial charge in [0.2, 0.25) is 0 Å². The van der Waals surface area contributed by atoms with Crippen LogP contribution in [0.15, 0.2) is 65.6 Å². The molecule has 7 nitrogen and oxygen atoms in total. The van der Waals surface area contributed by atoms with Crippen molar-refractivity contribution in [2.24, 2.45) is 5.92 Å². The predicted octanol–water partition coefficient (Wildman–Crippen LogP) is 6.69. The number of hydrogen-bond donors (Lipinski definition) is 1. The summed E-state index contributed by atoms with van der Waals surface area (Å²) in [6.45, 7) is -2.11. The third kappa shape index (κ3) is 6.41. The van der Waals surface area contributed by atoms with Gasteiger partial charge in [0.1, 0.15) is 17.6 Å². The summed E-state index contributed by atoms with van der Waals surface area (Å²) in [5.74, 6) is -2.27. The first kappa shape index (κ1) is 29.4. The molecule has 0 radical (unpaired) electrons. The topological polar surface area (TPSA) is 93.1 Å². The lowest BCUT2D eigenvalue weighted by Crippen LogP contribution is -2.44. The minimum absolute atomic E-state index is 0.0271. The summed E-state index contributed by atoms with van der Waals surface area (Å²) in [5, 5.41) is 9.37. The van der Waals surface area contributed by atoms with E-state index in [9.17, 15) is 40.3 Å². The molecule has 1 N–H and O–H groups in total. The molecule has 14 heteroatoms. The quantitative estimate of drug-likeness (QED) is 0.288. The van der Waals surface area contributed by atoms with Gasteiger partial charge >= 0.3 is 18.8 Å². The number of alkyl halides is 5. The Labute approximate surface area is 230 Å². The Bertz CT molecular complexity index is 1530. The van der Waals surface area contributed by atoms with Crippen molar-refractivity contribution in [1.29, 1.82) is 0 Å². The first-order valence-electron chi connectivity index (χ1n) is 11.6. The molecule has 3 aromatic carbocycles. The average Bonchev–Trinajstić information content (AvgIpc) is 2.86. The second-order valence-electron chi connectivity index (χ2n) is 9.01. The maximum atomic E-state index is 13.7. The van der Waals surface area contributed by atoms with Gasteiger partial charge < -0.3 is 14.6 Å². The molecule has 2 atom stereocenters. The molecule has 0 unspecified atom stereocenters. The van der Waals surface area contributed by atoms with E-state index in [0.717, 1.165) is 28.6 Å². The number of benzene rings is 3. The molecule has 1 aliphatic rings. The van der Waals surface area contributed by atoms with Crippen molar-refractivity contribution >= 4 is 33.3 Å². The number of nitrogens with zero attached hydrogens (tertiary/aromatic N) is 1. The van der Waals surface area contributed by atoms with E-state index in [2.05, 4.69) is 4.74 Å². The average molecular weight is 606 g/mol. The van der Waals surface area contributed by atoms with E-state index in [1.54, 1.807) is 0 Å². The highest BCUT2D eigenvalue weighted by Crippen LogP contribution is 2.42. The van der Waals surface area contributed by atoms with Crippen LogP contribution in [0.25, 0.3) is 11.1 Å². The van der Waals surface area contributed by atoms with E-state index in [0.29, 0.717) is 11.6 Å². The number of carbonyl (C=O) groups is 1. The highest BCUT2D eigenvalue weighted by Gasteiger charge is 2.38. The Morgan fingerprint density at radius 3 is 2.50 bits per heavy atom. The molecule has 0 saturated carbocycles. The number of ether oxygens (including phenoxy) is 2. The molecule has 40 heavy (non-hydrogen) atoms. The second kappa shape index (κ2) is 11.1. The molecule has 3 aromatic rings. The zero-order valence-corrected chi connectivity index (χ0v) is 22.1. The largest absolute Gasteiger partial charge is 0.486 e. The van der Waals surface area contributed by atoms with Gasteiger partial charge in [-0.1, -0.05) is 30.7 Å². The van der Waals surface area contributed by atoms with Gasteiger partial charge in [-0.05, 0) is 66.1 Å². The maximum Gasteiger partial charge on any atom is 0.416 e. The molecule has 0 spiro atoms. The number of aliphatic carboxylic acids is 1. The number of anilines is 1. The zero-order chi connectivity index (χ0) is 29.4. The number of carboxylic acids is 1. The normalized spacial score (nSPS) is 16.3. The van der Waals surface area contributed by atoms with E-state index in [1.165, 1.54) is 37.3 Å². The lowest BCUT2D eigenvalue weighted by molar-refractivity contribution is -0.142. The number of carboxylic acid groups (broad SMARTS) is 1. The Balaban J connectivity index is 1.83.